The van der Waals surface area contributed by atoms with Gasteiger partial charge >= 0.3 is 0 Å². The highest BCUT2D eigenvalue weighted by molar-refractivity contribution is 5.83. The van der Waals surface area contributed by atoms with Gasteiger partial charge in [0.1, 0.15) is 12.3 Å². The van der Waals surface area contributed by atoms with E-state index in [9.17, 15) is 15.0 Å². The van der Waals surface area contributed by atoms with E-state index in [2.05, 4.69) is 5.32 Å². The maximum absolute atomic E-state index is 12.6. The van der Waals surface area contributed by atoms with Gasteiger partial charge in [-0.05, 0) is 39.2 Å². The summed E-state index contributed by atoms with van der Waals surface area (Å²) in [5, 5.41) is 23.8. The van der Waals surface area contributed by atoms with Crippen LogP contribution in [0.5, 0.6) is 0 Å². The molecule has 0 bridgehead atoms. The molecule has 4 atom stereocenters. The second-order valence-electron chi connectivity index (χ2n) is 6.45. The number of nitrogens with zero attached hydrogens (tertiary/aromatic N) is 2. The zero-order chi connectivity index (χ0) is 14.3. The van der Waals surface area contributed by atoms with Gasteiger partial charge in [0.15, 0.2) is 0 Å². The van der Waals surface area contributed by atoms with E-state index < -0.39 is 18.4 Å². The van der Waals surface area contributed by atoms with Crippen molar-refractivity contribution >= 4 is 5.91 Å². The molecule has 114 valence electrons. The lowest BCUT2D eigenvalue weighted by Gasteiger charge is -2.56. The number of carbonyl (C=O) groups is 1. The molecule has 3 unspecified atom stereocenters. The lowest BCUT2D eigenvalue weighted by Crippen LogP contribution is -2.78. The Morgan fingerprint density at radius 3 is 2.55 bits per heavy atom. The van der Waals surface area contributed by atoms with Crippen LogP contribution in [0.15, 0.2) is 0 Å². The highest BCUT2D eigenvalue weighted by Crippen LogP contribution is 2.37. The molecule has 3 heterocycles. The summed E-state index contributed by atoms with van der Waals surface area (Å²) in [7, 11) is 0. The minimum Gasteiger partial charge on any atom is -0.391 e. The first-order valence-electron chi connectivity index (χ1n) is 7.71. The van der Waals surface area contributed by atoms with Gasteiger partial charge in [0, 0.05) is 19.6 Å². The summed E-state index contributed by atoms with van der Waals surface area (Å²) in [4.78, 5) is 16.1. The molecule has 6 heteroatoms. The predicted octanol–water partition coefficient (Wildman–Crippen LogP) is -0.886. The Kier molecular flexibility index (Phi) is 3.75. The molecule has 0 saturated carbocycles. The van der Waals surface area contributed by atoms with Crippen LogP contribution < -0.4 is 5.32 Å². The lowest BCUT2D eigenvalue weighted by atomic mass is 9.83. The van der Waals surface area contributed by atoms with Gasteiger partial charge in [0.25, 0.3) is 0 Å². The molecule has 3 saturated heterocycles. The van der Waals surface area contributed by atoms with Gasteiger partial charge in [-0.15, -0.1) is 0 Å². The average Bonchev–Trinajstić information content (AvgIpc) is 3.09. The Morgan fingerprint density at radius 2 is 2.05 bits per heavy atom. The highest BCUT2D eigenvalue weighted by atomic mass is 16.3. The third-order valence-corrected chi connectivity index (χ3v) is 5.03. The summed E-state index contributed by atoms with van der Waals surface area (Å²) in [5.41, 5.74) is -0.252. The molecule has 3 rings (SSSR count). The maximum atomic E-state index is 12.6. The summed E-state index contributed by atoms with van der Waals surface area (Å²) in [6, 6.07) is -0.615. The van der Waals surface area contributed by atoms with Crippen LogP contribution in [0.3, 0.4) is 0 Å². The molecule has 3 aliphatic heterocycles. The van der Waals surface area contributed by atoms with E-state index in [1.54, 1.807) is 11.8 Å². The van der Waals surface area contributed by atoms with Crippen molar-refractivity contribution < 1.29 is 15.0 Å². The van der Waals surface area contributed by atoms with Crippen molar-refractivity contribution in [2.45, 2.75) is 56.5 Å². The van der Waals surface area contributed by atoms with Gasteiger partial charge in [-0.25, -0.2) is 0 Å². The van der Waals surface area contributed by atoms with Crippen LogP contribution in [0.25, 0.3) is 0 Å². The van der Waals surface area contributed by atoms with Gasteiger partial charge < -0.3 is 20.4 Å². The van der Waals surface area contributed by atoms with Gasteiger partial charge in [-0.1, -0.05) is 0 Å². The van der Waals surface area contributed by atoms with Crippen LogP contribution in [0.2, 0.25) is 0 Å². The first kappa shape index (κ1) is 14.3. The Bertz CT molecular complexity index is 376. The van der Waals surface area contributed by atoms with Crippen molar-refractivity contribution in [1.29, 1.82) is 0 Å². The monoisotopic (exact) mass is 283 g/mol. The van der Waals surface area contributed by atoms with E-state index >= 15 is 0 Å². The summed E-state index contributed by atoms with van der Waals surface area (Å²) in [6.07, 6.45) is 2.63. The number of amides is 1. The summed E-state index contributed by atoms with van der Waals surface area (Å²) in [6.45, 7) is 4.75. The largest absolute Gasteiger partial charge is 0.391 e. The van der Waals surface area contributed by atoms with Gasteiger partial charge in [0.2, 0.25) is 5.91 Å². The van der Waals surface area contributed by atoms with Crippen LogP contribution in [0.4, 0.5) is 0 Å². The number of carbonyl (C=O) groups excluding carboxylic acids is 1. The highest BCUT2D eigenvalue weighted by Gasteiger charge is 2.57. The normalized spacial score (nSPS) is 37.1. The van der Waals surface area contributed by atoms with Crippen LogP contribution in [0, 0.1) is 0 Å². The second kappa shape index (κ2) is 5.26. The van der Waals surface area contributed by atoms with Crippen molar-refractivity contribution in [3.8, 4) is 0 Å². The van der Waals surface area contributed by atoms with Gasteiger partial charge in [0.05, 0.1) is 11.6 Å². The molecular formula is C14H25N3O3. The molecule has 3 N–H and O–H groups in total. The van der Waals surface area contributed by atoms with Crippen molar-refractivity contribution in [3.05, 3.63) is 0 Å². The quantitative estimate of drug-likeness (QED) is 0.627. The van der Waals surface area contributed by atoms with E-state index in [-0.39, 0.29) is 11.4 Å². The average molecular weight is 283 g/mol. The number of hydrogen-bond donors (Lipinski definition) is 3. The number of aliphatic hydroxyl groups excluding tert-OH is 2. The van der Waals surface area contributed by atoms with E-state index in [4.69, 9.17) is 0 Å². The Morgan fingerprint density at radius 1 is 1.35 bits per heavy atom. The van der Waals surface area contributed by atoms with E-state index in [1.807, 2.05) is 4.90 Å². The molecule has 0 aromatic carbocycles. The first-order valence-corrected chi connectivity index (χ1v) is 7.71. The predicted molar refractivity (Wildman–Crippen MR) is 74.0 cm³/mol. The fraction of sp³-hybridized carbons (Fsp3) is 0.929. The molecule has 20 heavy (non-hydrogen) atoms. The number of aliphatic hydroxyl groups is 2. The van der Waals surface area contributed by atoms with Crippen LogP contribution >= 0.6 is 0 Å². The summed E-state index contributed by atoms with van der Waals surface area (Å²) >= 11 is 0. The third kappa shape index (κ3) is 2.15. The Balaban J connectivity index is 1.70. The van der Waals surface area contributed by atoms with Gasteiger partial charge in [-0.2, -0.15) is 0 Å². The smallest absolute Gasteiger partial charge is 0.242 e. The molecule has 0 aromatic rings. The van der Waals surface area contributed by atoms with E-state index in [0.29, 0.717) is 6.54 Å². The topological polar surface area (TPSA) is 76.0 Å². The van der Waals surface area contributed by atoms with Crippen molar-refractivity contribution in [2.75, 3.05) is 26.2 Å². The minimum atomic E-state index is -0.767. The molecule has 3 fully saturated rings. The number of likely N-dealkylation sites (tertiary alicyclic amines) is 2. The maximum Gasteiger partial charge on any atom is 0.242 e. The van der Waals surface area contributed by atoms with Crippen LogP contribution in [-0.2, 0) is 4.79 Å². The SMILES string of the molecule is C[C@@H](O)C(C(=O)N1CCCC1)N1CC2(CCCN2)C1O. The third-order valence-electron chi connectivity index (χ3n) is 5.03. The zero-order valence-electron chi connectivity index (χ0n) is 12.1. The molecular weight excluding hydrogens is 258 g/mol. The molecule has 3 aliphatic rings. The molecule has 0 aromatic heterocycles. The van der Waals surface area contributed by atoms with E-state index in [1.165, 1.54) is 0 Å². The Labute approximate surface area is 119 Å². The summed E-state index contributed by atoms with van der Waals surface area (Å²) in [5.74, 6) is -0.0376. The number of hydrogen-bond acceptors (Lipinski definition) is 5. The number of nitrogens with one attached hydrogen (secondary N) is 1. The van der Waals surface area contributed by atoms with Crippen molar-refractivity contribution in [1.82, 2.24) is 15.1 Å². The molecule has 1 amide bonds. The first-order chi connectivity index (χ1) is 9.55. The van der Waals surface area contributed by atoms with Crippen LogP contribution in [0.1, 0.15) is 32.6 Å². The molecule has 0 radical (unpaired) electrons. The van der Waals surface area contributed by atoms with Gasteiger partial charge in [-0.3, -0.25) is 9.69 Å². The molecule has 6 nitrogen and oxygen atoms in total. The molecule has 0 aliphatic carbocycles. The fourth-order valence-electron chi connectivity index (χ4n) is 3.88. The zero-order valence-corrected chi connectivity index (χ0v) is 12.1. The van der Waals surface area contributed by atoms with E-state index in [0.717, 1.165) is 45.3 Å². The Hall–Kier alpha value is -0.690. The number of rotatable bonds is 3. The minimum absolute atomic E-state index is 0.0376. The summed E-state index contributed by atoms with van der Waals surface area (Å²) < 4.78 is 0. The van der Waals surface area contributed by atoms with Crippen molar-refractivity contribution in [3.63, 3.8) is 0 Å². The lowest BCUT2D eigenvalue weighted by molar-refractivity contribution is -0.195. The van der Waals surface area contributed by atoms with Crippen LogP contribution in [-0.4, -0.2) is 76.0 Å². The fourth-order valence-corrected chi connectivity index (χ4v) is 3.88. The second-order valence-corrected chi connectivity index (χ2v) is 6.45. The standard InChI is InChI=1S/C14H25N3O3/c1-10(18)11(12(19)16-7-2-3-8-16)17-9-14(13(17)20)5-4-6-15-14/h10-11,13,15,18,20H,2-9H2,1H3/t10-,11?,13?,14?/m1/s1. The molecule has 1 spiro atoms. The van der Waals surface area contributed by atoms with Crippen molar-refractivity contribution in [2.24, 2.45) is 0 Å².